The molecular weight excluding hydrogens is 578 g/mol. The van der Waals surface area contributed by atoms with Gasteiger partial charge in [0.15, 0.2) is 0 Å². The van der Waals surface area contributed by atoms with Gasteiger partial charge in [-0.15, -0.1) is 0 Å². The van der Waals surface area contributed by atoms with Crippen molar-refractivity contribution in [1.29, 1.82) is 5.26 Å². The van der Waals surface area contributed by atoms with Crippen LogP contribution < -0.4 is 14.5 Å². The van der Waals surface area contributed by atoms with Gasteiger partial charge in [0, 0.05) is 94.0 Å². The van der Waals surface area contributed by atoms with Gasteiger partial charge in [-0.05, 0) is 49.0 Å². The lowest BCUT2D eigenvalue weighted by molar-refractivity contribution is -0.133. The quantitative estimate of drug-likeness (QED) is 0.314. The van der Waals surface area contributed by atoms with Crippen molar-refractivity contribution in [2.75, 3.05) is 82.4 Å². The number of hydrogen-bond acceptors (Lipinski definition) is 9. The summed E-state index contributed by atoms with van der Waals surface area (Å²) in [7, 11) is 2.15. The zero-order chi connectivity index (χ0) is 31.4. The number of anilines is 2. The van der Waals surface area contributed by atoms with Gasteiger partial charge in [-0.2, -0.15) is 10.4 Å². The van der Waals surface area contributed by atoms with E-state index >= 15 is 0 Å². The highest BCUT2D eigenvalue weighted by atomic mass is 16.5. The van der Waals surface area contributed by atoms with Gasteiger partial charge in [-0.3, -0.25) is 9.69 Å². The molecule has 8 rings (SSSR count). The molecule has 3 fully saturated rings. The van der Waals surface area contributed by atoms with Gasteiger partial charge in [-0.25, -0.2) is 9.50 Å². The van der Waals surface area contributed by atoms with Crippen molar-refractivity contribution < 1.29 is 9.53 Å². The van der Waals surface area contributed by atoms with Crippen LogP contribution in [0, 0.1) is 11.3 Å². The zero-order valence-corrected chi connectivity index (χ0v) is 26.0. The number of carbonyl (C=O) groups excluding carboxylic acids is 1. The molecule has 1 aromatic carbocycles. The summed E-state index contributed by atoms with van der Waals surface area (Å²) >= 11 is 0. The summed E-state index contributed by atoms with van der Waals surface area (Å²) in [6.07, 6.45) is 6.93. The van der Waals surface area contributed by atoms with Crippen LogP contribution >= 0.6 is 0 Å². The lowest BCUT2D eigenvalue weighted by Gasteiger charge is -2.51. The lowest BCUT2D eigenvalue weighted by Crippen LogP contribution is -2.67. The molecule has 4 aromatic rings. The Bertz CT molecular complexity index is 1850. The summed E-state index contributed by atoms with van der Waals surface area (Å²) in [4.78, 5) is 28.2. The number of carbonyl (C=O) groups is 1. The molecule has 11 heteroatoms. The Morgan fingerprint density at radius 2 is 1.80 bits per heavy atom. The summed E-state index contributed by atoms with van der Waals surface area (Å²) in [5.41, 5.74) is 6.28. The second-order valence-corrected chi connectivity index (χ2v) is 12.7. The number of rotatable bonds is 5. The van der Waals surface area contributed by atoms with Crippen LogP contribution in [0.1, 0.15) is 5.56 Å². The monoisotopic (exact) mass is 615 g/mol. The highest BCUT2D eigenvalue weighted by Crippen LogP contribution is 2.41. The number of fused-ring (bicyclic) bond motifs is 4. The predicted molar refractivity (Wildman–Crippen MR) is 177 cm³/mol. The molecule has 3 aromatic heterocycles. The minimum atomic E-state index is 0.0111. The average Bonchev–Trinajstić information content (AvgIpc) is 3.50. The van der Waals surface area contributed by atoms with Crippen LogP contribution in [0.3, 0.4) is 0 Å². The van der Waals surface area contributed by atoms with Gasteiger partial charge in [-0.1, -0.05) is 12.6 Å². The lowest BCUT2D eigenvalue weighted by atomic mass is 9.97. The molecule has 0 spiro atoms. The van der Waals surface area contributed by atoms with E-state index in [-0.39, 0.29) is 11.9 Å². The number of likely N-dealkylation sites (tertiary alicyclic amines) is 1. The molecule has 0 unspecified atom stereocenters. The Balaban J connectivity index is 1.06. The maximum Gasteiger partial charge on any atom is 0.246 e. The van der Waals surface area contributed by atoms with E-state index in [1.54, 1.807) is 10.7 Å². The summed E-state index contributed by atoms with van der Waals surface area (Å²) in [5.74, 6) is 1.86. The molecule has 1 amide bonds. The van der Waals surface area contributed by atoms with Gasteiger partial charge in [0.2, 0.25) is 5.91 Å². The van der Waals surface area contributed by atoms with Crippen molar-refractivity contribution in [2.24, 2.45) is 0 Å². The van der Waals surface area contributed by atoms with Gasteiger partial charge in [0.25, 0.3) is 0 Å². The van der Waals surface area contributed by atoms with Crippen molar-refractivity contribution in [1.82, 2.24) is 29.3 Å². The molecule has 0 radical (unpaired) electrons. The molecule has 46 heavy (non-hydrogen) atoms. The molecule has 3 saturated heterocycles. The fourth-order valence-electron chi connectivity index (χ4n) is 7.25. The van der Waals surface area contributed by atoms with Crippen LogP contribution in [-0.4, -0.2) is 120 Å². The normalized spacial score (nSPS) is 20.4. The van der Waals surface area contributed by atoms with Gasteiger partial charge in [0.1, 0.15) is 24.2 Å². The molecule has 7 heterocycles. The van der Waals surface area contributed by atoms with Crippen LogP contribution in [0.4, 0.5) is 11.5 Å². The van der Waals surface area contributed by atoms with Crippen LogP contribution in [0.15, 0.2) is 67.6 Å². The fourth-order valence-corrected chi connectivity index (χ4v) is 7.25. The predicted octanol–water partition coefficient (Wildman–Crippen LogP) is 2.97. The third kappa shape index (κ3) is 4.94. The number of ether oxygens (including phenoxy) is 1. The minimum Gasteiger partial charge on any atom is -0.489 e. The molecule has 0 saturated carbocycles. The maximum atomic E-state index is 11.9. The van der Waals surface area contributed by atoms with E-state index in [1.165, 1.54) is 6.08 Å². The first-order chi connectivity index (χ1) is 22.5. The fraction of sp³-hybridized carbons (Fsp3) is 0.371. The van der Waals surface area contributed by atoms with Crippen LogP contribution in [0.5, 0.6) is 5.75 Å². The summed E-state index contributed by atoms with van der Waals surface area (Å²) in [5, 5.41) is 14.5. The molecule has 11 nitrogen and oxygen atoms in total. The Hall–Kier alpha value is -4.92. The highest BCUT2D eigenvalue weighted by Gasteiger charge is 2.40. The molecule has 4 aliphatic rings. The van der Waals surface area contributed by atoms with Crippen LogP contribution in [-0.2, 0) is 4.79 Å². The molecular formula is C35H37N9O2. The summed E-state index contributed by atoms with van der Waals surface area (Å²) in [6, 6.07) is 15.7. The number of hydrogen-bond donors (Lipinski definition) is 0. The van der Waals surface area contributed by atoms with E-state index < -0.39 is 0 Å². The zero-order valence-electron chi connectivity index (χ0n) is 26.0. The molecule has 0 aliphatic carbocycles. The average molecular weight is 616 g/mol. The molecule has 0 N–H and O–H groups in total. The Morgan fingerprint density at radius 1 is 0.978 bits per heavy atom. The van der Waals surface area contributed by atoms with E-state index in [0.29, 0.717) is 18.2 Å². The molecule has 1 atom stereocenters. The molecule has 0 bridgehead atoms. The summed E-state index contributed by atoms with van der Waals surface area (Å²) < 4.78 is 8.21. The van der Waals surface area contributed by atoms with E-state index in [2.05, 4.69) is 80.8 Å². The van der Waals surface area contributed by atoms with Crippen molar-refractivity contribution in [3.05, 3.63) is 73.2 Å². The standard InChI is InChI=1S/C35H37N9O2/c1-3-34(45)42-20-28(21-42)41-12-13-43-29(22-41)23-46-32-15-24(4-6-31(32)43)30-14-26(19-44-35(30)27(16-36)18-38-44)25-5-7-33(37-17-25)40-10-8-39(2)9-11-40/h3-7,14-15,17-19,28-29H,1,8-13,20-23H2,2H3/t29-/m0/s1. The van der Waals surface area contributed by atoms with Crippen molar-refractivity contribution >= 4 is 22.9 Å². The van der Waals surface area contributed by atoms with E-state index in [1.807, 2.05) is 17.3 Å². The van der Waals surface area contributed by atoms with Gasteiger partial charge in [0.05, 0.1) is 29.0 Å². The number of aromatic nitrogens is 3. The topological polar surface area (TPSA) is 96.5 Å². The second kappa shape index (κ2) is 11.5. The maximum absolute atomic E-state index is 11.9. The largest absolute Gasteiger partial charge is 0.489 e. The Morgan fingerprint density at radius 3 is 2.57 bits per heavy atom. The minimum absolute atomic E-state index is 0.0111. The highest BCUT2D eigenvalue weighted by molar-refractivity contribution is 5.89. The second-order valence-electron chi connectivity index (χ2n) is 12.7. The number of pyridine rings is 2. The van der Waals surface area contributed by atoms with Crippen LogP contribution in [0.25, 0.3) is 27.8 Å². The van der Waals surface area contributed by atoms with Gasteiger partial charge >= 0.3 is 0 Å². The molecule has 4 aliphatic heterocycles. The molecule has 234 valence electrons. The third-order valence-corrected chi connectivity index (χ3v) is 10.0. The van der Waals surface area contributed by atoms with Crippen LogP contribution in [0.2, 0.25) is 0 Å². The number of nitrogens with zero attached hydrogens (tertiary/aromatic N) is 9. The van der Waals surface area contributed by atoms with Crippen molar-refractivity contribution in [3.8, 4) is 34.1 Å². The first kappa shape index (κ1) is 28.5. The Kier molecular flexibility index (Phi) is 7.11. The van der Waals surface area contributed by atoms with E-state index in [0.717, 1.165) is 104 Å². The smallest absolute Gasteiger partial charge is 0.246 e. The third-order valence-electron chi connectivity index (χ3n) is 10.0. The van der Waals surface area contributed by atoms with Crippen molar-refractivity contribution in [2.45, 2.75) is 12.1 Å². The Labute approximate surface area is 268 Å². The van der Waals surface area contributed by atoms with Gasteiger partial charge < -0.3 is 24.3 Å². The summed E-state index contributed by atoms with van der Waals surface area (Å²) in [6.45, 7) is 12.5. The number of benzene rings is 1. The van der Waals surface area contributed by atoms with Crippen molar-refractivity contribution in [3.63, 3.8) is 0 Å². The van der Waals surface area contributed by atoms with E-state index in [9.17, 15) is 10.1 Å². The number of nitriles is 1. The number of amides is 1. The van der Waals surface area contributed by atoms with E-state index in [4.69, 9.17) is 9.72 Å². The SMILES string of the molecule is C=CC(=O)N1CC(N2CCN3c4ccc(-c5cc(-c6ccc(N7CCN(C)CC7)nc6)cn6ncc(C#N)c56)cc4OC[C@@H]3C2)C1. The first-order valence-corrected chi connectivity index (χ1v) is 16.0. The number of likely N-dealkylation sites (N-methyl/N-ethyl adjacent to an activating group) is 1. The number of piperazine rings is 2. The first-order valence-electron chi connectivity index (χ1n) is 16.0.